The van der Waals surface area contributed by atoms with Crippen LogP contribution < -0.4 is 21.3 Å². The summed E-state index contributed by atoms with van der Waals surface area (Å²) in [4.78, 5) is 23.3. The van der Waals surface area contributed by atoms with E-state index in [0.29, 0.717) is 18.9 Å². The zero-order valence-electron chi connectivity index (χ0n) is 11.3. The average molecular weight is 268 g/mol. The molecule has 0 saturated carbocycles. The largest absolute Gasteiger partial charge is 0.490 e. The molecule has 0 aliphatic carbocycles. The molecule has 106 valence electrons. The number of aromatic nitrogens is 2. The van der Waals surface area contributed by atoms with Gasteiger partial charge in [-0.15, -0.1) is 0 Å². The Bertz CT molecular complexity index is 472. The molecule has 1 unspecified atom stereocenters. The fraction of sp³-hybridized carbons (Fsp3) is 0.583. The monoisotopic (exact) mass is 268 g/mol. The second kappa shape index (κ2) is 7.52. The number of hydrogen-bond acceptors (Lipinski definition) is 5. The van der Waals surface area contributed by atoms with Gasteiger partial charge in [-0.25, -0.2) is 4.68 Å². The van der Waals surface area contributed by atoms with E-state index in [-0.39, 0.29) is 24.1 Å². The highest BCUT2D eigenvalue weighted by atomic mass is 16.5. The summed E-state index contributed by atoms with van der Waals surface area (Å²) < 4.78 is 6.27. The van der Waals surface area contributed by atoms with Crippen LogP contribution in [0.4, 0.5) is 0 Å². The van der Waals surface area contributed by atoms with Crippen molar-refractivity contribution in [3.05, 3.63) is 22.6 Å². The Morgan fingerprint density at radius 1 is 1.63 bits per heavy atom. The lowest BCUT2D eigenvalue weighted by molar-refractivity contribution is -0.122. The molecule has 0 aliphatic heterocycles. The third kappa shape index (κ3) is 5.09. The third-order valence-electron chi connectivity index (χ3n) is 2.54. The minimum absolute atomic E-state index is 0.0790. The van der Waals surface area contributed by atoms with Gasteiger partial charge in [-0.2, -0.15) is 5.10 Å². The fourth-order valence-electron chi connectivity index (χ4n) is 1.35. The highest BCUT2D eigenvalue weighted by molar-refractivity contribution is 5.75. The SMILES string of the molecule is CCC(C)NC(=O)Cn1ncc(OCCN)cc1=O. The van der Waals surface area contributed by atoms with Crippen molar-refractivity contribution in [3.63, 3.8) is 0 Å². The lowest BCUT2D eigenvalue weighted by Gasteiger charge is -2.12. The van der Waals surface area contributed by atoms with Crippen molar-refractivity contribution in [2.45, 2.75) is 32.9 Å². The molecule has 1 aromatic rings. The molecular weight excluding hydrogens is 248 g/mol. The van der Waals surface area contributed by atoms with Gasteiger partial charge < -0.3 is 15.8 Å². The maximum absolute atomic E-state index is 11.7. The number of nitrogens with one attached hydrogen (secondary N) is 1. The quantitative estimate of drug-likeness (QED) is 0.694. The number of carbonyl (C=O) groups excluding carboxylic acids is 1. The van der Waals surface area contributed by atoms with Crippen molar-refractivity contribution in [2.24, 2.45) is 5.73 Å². The molecule has 0 radical (unpaired) electrons. The van der Waals surface area contributed by atoms with Crippen LogP contribution in [0.3, 0.4) is 0 Å². The van der Waals surface area contributed by atoms with Gasteiger partial charge in [-0.05, 0) is 13.3 Å². The maximum atomic E-state index is 11.7. The second-order valence-corrected chi connectivity index (χ2v) is 4.20. The zero-order valence-corrected chi connectivity index (χ0v) is 11.3. The normalized spacial score (nSPS) is 11.9. The molecule has 1 heterocycles. The molecule has 0 aliphatic rings. The minimum Gasteiger partial charge on any atom is -0.490 e. The standard InChI is InChI=1S/C12H20N4O3/c1-3-9(2)15-11(17)8-16-12(18)6-10(7-14-16)19-5-4-13/h6-7,9H,3-5,8,13H2,1-2H3,(H,15,17). The molecule has 1 rings (SSSR count). The summed E-state index contributed by atoms with van der Waals surface area (Å²) >= 11 is 0. The van der Waals surface area contributed by atoms with Gasteiger partial charge in [0.15, 0.2) is 0 Å². The smallest absolute Gasteiger partial charge is 0.270 e. The van der Waals surface area contributed by atoms with Gasteiger partial charge in [0.05, 0.1) is 6.20 Å². The fourth-order valence-corrected chi connectivity index (χ4v) is 1.35. The van der Waals surface area contributed by atoms with Gasteiger partial charge in [-0.3, -0.25) is 9.59 Å². The molecule has 0 saturated heterocycles. The van der Waals surface area contributed by atoms with Crippen molar-refractivity contribution in [3.8, 4) is 5.75 Å². The zero-order chi connectivity index (χ0) is 14.3. The molecule has 3 N–H and O–H groups in total. The van der Waals surface area contributed by atoms with E-state index in [1.807, 2.05) is 13.8 Å². The Morgan fingerprint density at radius 2 is 2.37 bits per heavy atom. The Balaban J connectivity index is 2.64. The topological polar surface area (TPSA) is 99.2 Å². The lowest BCUT2D eigenvalue weighted by Crippen LogP contribution is -2.37. The average Bonchev–Trinajstić information content (AvgIpc) is 2.39. The van der Waals surface area contributed by atoms with Crippen LogP contribution >= 0.6 is 0 Å². The van der Waals surface area contributed by atoms with Crippen molar-refractivity contribution in [2.75, 3.05) is 13.2 Å². The Kier molecular flexibility index (Phi) is 6.01. The summed E-state index contributed by atoms with van der Waals surface area (Å²) in [6.07, 6.45) is 2.23. The van der Waals surface area contributed by atoms with Crippen LogP contribution in [0, 0.1) is 0 Å². The van der Waals surface area contributed by atoms with Crippen molar-refractivity contribution >= 4 is 5.91 Å². The Labute approximate surface area is 111 Å². The van der Waals surface area contributed by atoms with Gasteiger partial charge in [0, 0.05) is 18.7 Å². The van der Waals surface area contributed by atoms with E-state index < -0.39 is 0 Å². The molecule has 0 spiro atoms. The summed E-state index contributed by atoms with van der Waals surface area (Å²) in [5, 5.41) is 6.65. The summed E-state index contributed by atoms with van der Waals surface area (Å²) in [7, 11) is 0. The van der Waals surface area contributed by atoms with E-state index >= 15 is 0 Å². The third-order valence-corrected chi connectivity index (χ3v) is 2.54. The highest BCUT2D eigenvalue weighted by Gasteiger charge is 2.08. The number of ether oxygens (including phenoxy) is 1. The predicted octanol–water partition coefficient (Wildman–Crippen LogP) is -0.504. The first-order chi connectivity index (χ1) is 9.06. The highest BCUT2D eigenvalue weighted by Crippen LogP contribution is 2.02. The van der Waals surface area contributed by atoms with Crippen LogP contribution in [0.1, 0.15) is 20.3 Å². The molecule has 19 heavy (non-hydrogen) atoms. The molecule has 0 bridgehead atoms. The number of amides is 1. The summed E-state index contributed by atoms with van der Waals surface area (Å²) in [6, 6.07) is 1.37. The van der Waals surface area contributed by atoms with Gasteiger partial charge in [0.1, 0.15) is 18.9 Å². The van der Waals surface area contributed by atoms with Gasteiger partial charge >= 0.3 is 0 Å². The number of hydrogen-bond donors (Lipinski definition) is 2. The first-order valence-corrected chi connectivity index (χ1v) is 6.26. The van der Waals surface area contributed by atoms with Crippen molar-refractivity contribution < 1.29 is 9.53 Å². The summed E-state index contributed by atoms with van der Waals surface area (Å²) in [5.74, 6) is 0.119. The van der Waals surface area contributed by atoms with Crippen molar-refractivity contribution in [1.29, 1.82) is 0 Å². The first-order valence-electron chi connectivity index (χ1n) is 6.26. The number of carbonyl (C=O) groups is 1. The van der Waals surface area contributed by atoms with E-state index in [2.05, 4.69) is 10.4 Å². The lowest BCUT2D eigenvalue weighted by atomic mass is 10.2. The van der Waals surface area contributed by atoms with Crippen LogP contribution in [-0.4, -0.2) is 34.9 Å². The second-order valence-electron chi connectivity index (χ2n) is 4.20. The molecule has 1 aromatic heterocycles. The number of nitrogens with zero attached hydrogens (tertiary/aromatic N) is 2. The van der Waals surface area contributed by atoms with Crippen LogP contribution in [0.2, 0.25) is 0 Å². The van der Waals surface area contributed by atoms with Crippen LogP contribution in [0.5, 0.6) is 5.75 Å². The molecular formula is C12H20N4O3. The maximum Gasteiger partial charge on any atom is 0.270 e. The predicted molar refractivity (Wildman–Crippen MR) is 70.9 cm³/mol. The summed E-state index contributed by atoms with van der Waals surface area (Å²) in [5.41, 5.74) is 4.91. The summed E-state index contributed by atoms with van der Waals surface area (Å²) in [6.45, 7) is 4.46. The molecule has 0 aromatic carbocycles. The Hall–Kier alpha value is -1.89. The van der Waals surface area contributed by atoms with E-state index in [1.165, 1.54) is 12.3 Å². The number of nitrogens with two attached hydrogens (primary N) is 1. The molecule has 7 heteroatoms. The van der Waals surface area contributed by atoms with E-state index in [1.54, 1.807) is 0 Å². The number of rotatable bonds is 7. The first kappa shape index (κ1) is 15.2. The van der Waals surface area contributed by atoms with Gasteiger partial charge in [0.25, 0.3) is 5.56 Å². The van der Waals surface area contributed by atoms with E-state index in [4.69, 9.17) is 10.5 Å². The molecule has 1 amide bonds. The van der Waals surface area contributed by atoms with Crippen LogP contribution in [0.15, 0.2) is 17.1 Å². The molecule has 1 atom stereocenters. The minimum atomic E-state index is -0.381. The van der Waals surface area contributed by atoms with Crippen LogP contribution in [0.25, 0.3) is 0 Å². The van der Waals surface area contributed by atoms with Crippen LogP contribution in [-0.2, 0) is 11.3 Å². The van der Waals surface area contributed by atoms with Gasteiger partial charge in [-0.1, -0.05) is 6.92 Å². The molecule has 0 fully saturated rings. The van der Waals surface area contributed by atoms with E-state index in [9.17, 15) is 9.59 Å². The molecule has 7 nitrogen and oxygen atoms in total. The van der Waals surface area contributed by atoms with Gasteiger partial charge in [0.2, 0.25) is 5.91 Å². The Morgan fingerprint density at radius 3 is 2.95 bits per heavy atom. The van der Waals surface area contributed by atoms with Crippen molar-refractivity contribution in [1.82, 2.24) is 15.1 Å². The van der Waals surface area contributed by atoms with E-state index in [0.717, 1.165) is 11.1 Å².